The number of amides is 1. The van der Waals surface area contributed by atoms with Gasteiger partial charge in [-0.2, -0.15) is 0 Å². The van der Waals surface area contributed by atoms with Gasteiger partial charge in [-0.05, 0) is 41.8 Å². The molecule has 0 heterocycles. The van der Waals surface area contributed by atoms with Crippen molar-refractivity contribution in [1.82, 2.24) is 5.32 Å². The van der Waals surface area contributed by atoms with Gasteiger partial charge in [0, 0.05) is 17.2 Å². The quantitative estimate of drug-likeness (QED) is 0.667. The predicted octanol–water partition coefficient (Wildman–Crippen LogP) is 2.88. The highest BCUT2D eigenvalue weighted by atomic mass is 16.5. The van der Waals surface area contributed by atoms with Gasteiger partial charge in [-0.1, -0.05) is 48.5 Å². The van der Waals surface area contributed by atoms with Gasteiger partial charge in [0.15, 0.2) is 6.04 Å². The van der Waals surface area contributed by atoms with E-state index in [0.29, 0.717) is 6.04 Å². The molecule has 4 heteroatoms. The van der Waals surface area contributed by atoms with Gasteiger partial charge >= 0.3 is 0 Å². The second kappa shape index (κ2) is 8.03. The third-order valence-electron chi connectivity index (χ3n) is 5.41. The fourth-order valence-electron chi connectivity index (χ4n) is 3.75. The molecule has 0 aliphatic heterocycles. The number of carbonyl (C=O) groups excluding carboxylic acids is 1. The van der Waals surface area contributed by atoms with Crippen LogP contribution in [-0.4, -0.2) is 26.1 Å². The number of hydrogen-bond acceptors (Lipinski definition) is 2. The molecule has 1 aliphatic carbocycles. The van der Waals surface area contributed by atoms with Gasteiger partial charge in [-0.3, -0.25) is 4.79 Å². The van der Waals surface area contributed by atoms with E-state index in [1.807, 2.05) is 42.5 Å². The molecule has 28 heavy (non-hydrogen) atoms. The van der Waals surface area contributed by atoms with Crippen LogP contribution in [0.4, 0.5) is 0 Å². The van der Waals surface area contributed by atoms with Crippen molar-refractivity contribution >= 4 is 16.7 Å². The van der Waals surface area contributed by atoms with Crippen LogP contribution in [0, 0.1) is 0 Å². The van der Waals surface area contributed by atoms with Gasteiger partial charge in [0.05, 0.1) is 14.2 Å². The van der Waals surface area contributed by atoms with Crippen molar-refractivity contribution in [3.8, 4) is 5.75 Å². The molecule has 1 saturated carbocycles. The molecule has 0 saturated heterocycles. The van der Waals surface area contributed by atoms with Gasteiger partial charge in [0.2, 0.25) is 0 Å². The monoisotopic (exact) mass is 375 g/mol. The van der Waals surface area contributed by atoms with Crippen molar-refractivity contribution in [2.24, 2.45) is 0 Å². The number of methoxy groups -OCH3 is 1. The summed E-state index contributed by atoms with van der Waals surface area (Å²) in [6.45, 7) is 0.777. The van der Waals surface area contributed by atoms with Crippen LogP contribution in [0.15, 0.2) is 66.7 Å². The molecular formula is C24H27N2O2+. The number of nitrogens with one attached hydrogen (secondary N) is 2. The van der Waals surface area contributed by atoms with E-state index in [-0.39, 0.29) is 11.9 Å². The lowest BCUT2D eigenvalue weighted by Gasteiger charge is -2.25. The minimum absolute atomic E-state index is 0.122. The second-order valence-electron chi connectivity index (χ2n) is 7.70. The van der Waals surface area contributed by atoms with Gasteiger partial charge in [-0.25, -0.2) is 0 Å². The van der Waals surface area contributed by atoms with E-state index in [2.05, 4.69) is 36.6 Å². The van der Waals surface area contributed by atoms with E-state index >= 15 is 0 Å². The summed E-state index contributed by atoms with van der Waals surface area (Å²) in [6, 6.07) is 22.8. The topological polar surface area (TPSA) is 42.8 Å². The van der Waals surface area contributed by atoms with Crippen molar-refractivity contribution in [3.63, 3.8) is 0 Å². The molecule has 0 radical (unpaired) electrons. The minimum Gasteiger partial charge on any atom is -0.497 e. The zero-order valence-electron chi connectivity index (χ0n) is 16.4. The van der Waals surface area contributed by atoms with Crippen LogP contribution < -0.4 is 15.0 Å². The van der Waals surface area contributed by atoms with Crippen molar-refractivity contribution in [3.05, 3.63) is 77.9 Å². The molecule has 1 unspecified atom stereocenters. The van der Waals surface area contributed by atoms with E-state index in [1.54, 1.807) is 7.11 Å². The van der Waals surface area contributed by atoms with Crippen molar-refractivity contribution in [2.45, 2.75) is 31.5 Å². The molecular weight excluding hydrogens is 348 g/mol. The Morgan fingerprint density at radius 1 is 1.07 bits per heavy atom. The molecule has 4 nitrogen and oxygen atoms in total. The van der Waals surface area contributed by atoms with E-state index in [0.717, 1.165) is 41.0 Å². The highest BCUT2D eigenvalue weighted by Gasteiger charge is 2.33. The summed E-state index contributed by atoms with van der Waals surface area (Å²) in [6.07, 6.45) is 2.20. The first-order valence-electron chi connectivity index (χ1n) is 9.88. The molecule has 3 aromatic carbocycles. The number of ether oxygens (including phenoxy) is 1. The van der Waals surface area contributed by atoms with Gasteiger partial charge < -0.3 is 15.0 Å². The van der Waals surface area contributed by atoms with E-state index < -0.39 is 0 Å². The molecule has 1 aliphatic rings. The van der Waals surface area contributed by atoms with E-state index in [4.69, 9.17) is 4.74 Å². The lowest BCUT2D eigenvalue weighted by Crippen LogP contribution is -3.09. The van der Waals surface area contributed by atoms with Crippen LogP contribution in [-0.2, 0) is 11.3 Å². The van der Waals surface area contributed by atoms with Crippen LogP contribution in [0.2, 0.25) is 0 Å². The SMILES string of the molecule is COc1ccc2cc(C[NH+](C)[C@H](C(=O)NC3CC3)c3ccccc3)ccc2c1. The summed E-state index contributed by atoms with van der Waals surface area (Å²) < 4.78 is 5.31. The standard InChI is InChI=1S/C24H26N2O2/c1-26(16-17-8-9-20-15-22(28-2)13-10-19(20)14-17)23(18-6-4-3-5-7-18)24(27)25-21-11-12-21/h3-10,13-15,21,23H,11-12,16H2,1-2H3,(H,25,27)/p+1/t23-/m0/s1. The minimum atomic E-state index is -0.214. The Hall–Kier alpha value is -2.85. The summed E-state index contributed by atoms with van der Waals surface area (Å²) in [4.78, 5) is 14.1. The number of quaternary nitrogens is 1. The molecule has 0 bridgehead atoms. The van der Waals surface area contributed by atoms with Crippen LogP contribution >= 0.6 is 0 Å². The number of rotatable bonds is 7. The van der Waals surface area contributed by atoms with E-state index in [1.165, 1.54) is 10.9 Å². The predicted molar refractivity (Wildman–Crippen MR) is 111 cm³/mol. The van der Waals surface area contributed by atoms with Gasteiger partial charge in [0.25, 0.3) is 5.91 Å². The zero-order valence-corrected chi connectivity index (χ0v) is 16.4. The Morgan fingerprint density at radius 2 is 1.79 bits per heavy atom. The maximum atomic E-state index is 13.0. The molecule has 2 N–H and O–H groups in total. The van der Waals surface area contributed by atoms with Crippen LogP contribution in [0.1, 0.15) is 30.0 Å². The molecule has 2 atom stereocenters. The third-order valence-corrected chi connectivity index (χ3v) is 5.41. The second-order valence-corrected chi connectivity index (χ2v) is 7.70. The smallest absolute Gasteiger partial charge is 0.283 e. The van der Waals surface area contributed by atoms with Crippen LogP contribution in [0.3, 0.4) is 0 Å². The fourth-order valence-corrected chi connectivity index (χ4v) is 3.75. The lowest BCUT2D eigenvalue weighted by atomic mass is 10.0. The Morgan fingerprint density at radius 3 is 2.50 bits per heavy atom. The summed E-state index contributed by atoms with van der Waals surface area (Å²) in [5.41, 5.74) is 2.28. The number of likely N-dealkylation sites (N-methyl/N-ethyl adjacent to an activating group) is 1. The average Bonchev–Trinajstić information content (AvgIpc) is 3.52. The summed E-state index contributed by atoms with van der Waals surface area (Å²) in [7, 11) is 3.78. The number of fused-ring (bicyclic) bond motifs is 1. The van der Waals surface area contributed by atoms with Crippen molar-refractivity contribution in [2.75, 3.05) is 14.2 Å². The van der Waals surface area contributed by atoms with Crippen LogP contribution in [0.25, 0.3) is 10.8 Å². The summed E-state index contributed by atoms with van der Waals surface area (Å²) in [5.74, 6) is 0.987. The zero-order chi connectivity index (χ0) is 19.5. The maximum Gasteiger partial charge on any atom is 0.283 e. The van der Waals surface area contributed by atoms with E-state index in [9.17, 15) is 4.79 Å². The van der Waals surface area contributed by atoms with Gasteiger partial charge in [-0.15, -0.1) is 0 Å². The highest BCUT2D eigenvalue weighted by Crippen LogP contribution is 2.22. The normalized spacial score (nSPS) is 15.8. The Balaban J connectivity index is 1.57. The van der Waals surface area contributed by atoms with Crippen molar-refractivity contribution < 1.29 is 14.4 Å². The molecule has 1 amide bonds. The number of benzene rings is 3. The lowest BCUT2D eigenvalue weighted by molar-refractivity contribution is -0.916. The molecule has 4 rings (SSSR count). The average molecular weight is 375 g/mol. The van der Waals surface area contributed by atoms with Crippen LogP contribution in [0.5, 0.6) is 5.75 Å². The molecule has 3 aromatic rings. The molecule has 0 aromatic heterocycles. The van der Waals surface area contributed by atoms with Gasteiger partial charge in [0.1, 0.15) is 12.3 Å². The Kier molecular flexibility index (Phi) is 5.31. The molecule has 1 fully saturated rings. The number of hydrogen-bond donors (Lipinski definition) is 2. The maximum absolute atomic E-state index is 13.0. The first-order chi connectivity index (χ1) is 13.6. The largest absolute Gasteiger partial charge is 0.497 e. The summed E-state index contributed by atoms with van der Waals surface area (Å²) in [5, 5.41) is 5.53. The highest BCUT2D eigenvalue weighted by molar-refractivity contribution is 5.84. The third kappa shape index (κ3) is 4.18. The first kappa shape index (κ1) is 18.5. The number of carbonyl (C=O) groups is 1. The first-order valence-corrected chi connectivity index (χ1v) is 9.88. The summed E-state index contributed by atoms with van der Waals surface area (Å²) >= 11 is 0. The van der Waals surface area contributed by atoms with Crippen molar-refractivity contribution in [1.29, 1.82) is 0 Å². The Labute approximate surface area is 166 Å². The molecule has 0 spiro atoms. The molecule has 144 valence electrons. The fraction of sp³-hybridized carbons (Fsp3) is 0.292. The Bertz CT molecular complexity index is 967.